The van der Waals surface area contributed by atoms with Crippen molar-refractivity contribution < 1.29 is 18.4 Å². The summed E-state index contributed by atoms with van der Waals surface area (Å²) in [6.45, 7) is 2.07. The minimum Gasteiger partial charge on any atom is -0.444 e. The number of rotatable bonds is 3. The van der Waals surface area contributed by atoms with Crippen LogP contribution in [0.2, 0.25) is 10.0 Å². The van der Waals surface area contributed by atoms with Gasteiger partial charge in [0.1, 0.15) is 11.6 Å². The van der Waals surface area contributed by atoms with E-state index in [-0.39, 0.29) is 15.7 Å². The summed E-state index contributed by atoms with van der Waals surface area (Å²) in [7, 11) is 0. The van der Waals surface area contributed by atoms with Gasteiger partial charge in [0.15, 0.2) is 0 Å². The number of hydrogen-bond donors (Lipinski definition) is 2. The molecule has 0 heterocycles. The number of halogens is 2. The number of ether oxygens (including phenoxy) is 1. The monoisotopic (exact) mass is 335 g/mol. The fourth-order valence-corrected chi connectivity index (χ4v) is 1.86. The third-order valence-corrected chi connectivity index (χ3v) is 2.49. The van der Waals surface area contributed by atoms with E-state index in [0.29, 0.717) is 0 Å². The molecule has 1 aromatic rings. The van der Waals surface area contributed by atoms with Gasteiger partial charge in [-0.05, 0) is 45.8 Å². The van der Waals surface area contributed by atoms with Crippen molar-refractivity contribution in [3.8, 4) is 0 Å². The van der Waals surface area contributed by atoms with Gasteiger partial charge in [-0.1, -0.05) is 23.2 Å². The Morgan fingerprint density at radius 3 is 2.29 bits per heavy atom. The van der Waals surface area contributed by atoms with Crippen molar-refractivity contribution in [2.45, 2.75) is 39.3 Å². The highest BCUT2D eigenvalue weighted by molar-refractivity contribution is 6.35. The second-order valence-electron chi connectivity index (χ2n) is 5.23. The van der Waals surface area contributed by atoms with Crippen molar-refractivity contribution in [3.05, 3.63) is 28.2 Å². The molecule has 116 valence electrons. The first-order valence-electron chi connectivity index (χ1n) is 7.54. The van der Waals surface area contributed by atoms with Gasteiger partial charge in [-0.3, -0.25) is 4.79 Å². The smallest absolute Gasteiger partial charge is 0.408 e. The molecule has 0 spiro atoms. The van der Waals surface area contributed by atoms with E-state index in [2.05, 4.69) is 10.6 Å². The van der Waals surface area contributed by atoms with E-state index >= 15 is 0 Å². The molecule has 0 aliphatic carbocycles. The summed E-state index contributed by atoms with van der Waals surface area (Å²) in [6, 6.07) is 2.45. The zero-order valence-electron chi connectivity index (χ0n) is 14.8. The summed E-state index contributed by atoms with van der Waals surface area (Å²) in [5, 5.41) is 4.96. The molecule has 2 N–H and O–H groups in total. The summed E-state index contributed by atoms with van der Waals surface area (Å²) < 4.78 is 27.3. The summed E-state index contributed by atoms with van der Waals surface area (Å²) in [4.78, 5) is 24.0. The molecule has 7 heteroatoms. The predicted molar refractivity (Wildman–Crippen MR) is 83.9 cm³/mol. The van der Waals surface area contributed by atoms with Crippen LogP contribution in [0, 0.1) is 0 Å². The van der Waals surface area contributed by atoms with Crippen LogP contribution in [0.5, 0.6) is 0 Å². The largest absolute Gasteiger partial charge is 0.444 e. The highest BCUT2D eigenvalue weighted by atomic mass is 35.5. The molecule has 0 radical (unpaired) electrons. The van der Waals surface area contributed by atoms with Crippen molar-refractivity contribution in [3.63, 3.8) is 0 Å². The highest BCUT2D eigenvalue weighted by Crippen LogP contribution is 2.22. The summed E-state index contributed by atoms with van der Waals surface area (Å²) in [5.74, 6) is -0.945. The van der Waals surface area contributed by atoms with Gasteiger partial charge in [0.25, 0.3) is 0 Å². The Morgan fingerprint density at radius 2 is 1.81 bits per heavy atom. The first-order chi connectivity index (χ1) is 10.8. The number of nitrogens with one attached hydrogen (secondary N) is 2. The number of benzene rings is 1. The van der Waals surface area contributed by atoms with Crippen LogP contribution in [0.25, 0.3) is 0 Å². The highest BCUT2D eigenvalue weighted by Gasteiger charge is 2.21. The maximum atomic E-state index is 12.3. The van der Waals surface area contributed by atoms with Crippen LogP contribution in [-0.2, 0) is 9.53 Å². The van der Waals surface area contributed by atoms with E-state index in [9.17, 15) is 9.59 Å². The van der Waals surface area contributed by atoms with Crippen molar-refractivity contribution in [1.82, 2.24) is 5.32 Å². The van der Waals surface area contributed by atoms with Crippen LogP contribution in [0.1, 0.15) is 31.7 Å². The molecule has 5 nitrogen and oxygen atoms in total. The lowest BCUT2D eigenvalue weighted by atomic mass is 10.2. The van der Waals surface area contributed by atoms with Gasteiger partial charge in [0.05, 0.1) is 0 Å². The molecular weight excluding hydrogens is 315 g/mol. The van der Waals surface area contributed by atoms with Crippen LogP contribution >= 0.6 is 23.2 Å². The first-order valence-corrected chi connectivity index (χ1v) is 6.80. The summed E-state index contributed by atoms with van der Waals surface area (Å²) >= 11 is 11.6. The van der Waals surface area contributed by atoms with E-state index in [1.807, 2.05) is 0 Å². The topological polar surface area (TPSA) is 67.4 Å². The number of carbonyl (C=O) groups excluding carboxylic acids is 2. The standard InChI is InChI=1S/C14H18Cl2N2O3/c1-8(17-13(20)21-14(2,3)4)12(19)18-11-6-9(15)5-10(16)7-11/h5-8H,1-4H3,(H,17,20)(H,18,19)/t8-/m1/s1/i1D3. The lowest BCUT2D eigenvalue weighted by molar-refractivity contribution is -0.117. The Hall–Kier alpha value is -1.46. The van der Waals surface area contributed by atoms with E-state index < -0.39 is 30.5 Å². The molecule has 0 aliphatic rings. The number of carbonyl (C=O) groups is 2. The Bertz CT molecular complexity index is 610. The van der Waals surface area contributed by atoms with Gasteiger partial charge >= 0.3 is 6.09 Å². The Balaban J connectivity index is 2.92. The zero-order valence-corrected chi connectivity index (χ0v) is 13.3. The quantitative estimate of drug-likeness (QED) is 0.881. The van der Waals surface area contributed by atoms with Crippen molar-refractivity contribution >= 4 is 40.9 Å². The van der Waals surface area contributed by atoms with Crippen molar-refractivity contribution in [2.24, 2.45) is 0 Å². The minimum absolute atomic E-state index is 0.206. The molecule has 0 bridgehead atoms. The Morgan fingerprint density at radius 1 is 1.24 bits per heavy atom. The van der Waals surface area contributed by atoms with E-state index in [1.165, 1.54) is 18.2 Å². The predicted octanol–water partition coefficient (Wildman–Crippen LogP) is 3.85. The lowest BCUT2D eigenvalue weighted by Gasteiger charge is -2.21. The van der Waals surface area contributed by atoms with Gasteiger partial charge in [0.2, 0.25) is 5.91 Å². The molecule has 21 heavy (non-hydrogen) atoms. The normalized spacial score (nSPS) is 15.2. The molecule has 0 saturated carbocycles. The molecule has 0 aliphatic heterocycles. The van der Waals surface area contributed by atoms with Crippen LogP contribution < -0.4 is 10.6 Å². The second kappa shape index (κ2) is 7.00. The fraction of sp³-hybridized carbons (Fsp3) is 0.429. The lowest BCUT2D eigenvalue weighted by Crippen LogP contribution is -2.43. The van der Waals surface area contributed by atoms with Crippen LogP contribution in [-0.4, -0.2) is 23.6 Å². The second-order valence-corrected chi connectivity index (χ2v) is 6.10. The SMILES string of the molecule is [2H]C([2H])([2H])[C@@H](NC(=O)OC(C)(C)C)C(=O)Nc1cc(Cl)cc(Cl)c1. The molecule has 0 fully saturated rings. The number of anilines is 1. The van der Waals surface area contributed by atoms with Gasteiger partial charge < -0.3 is 15.4 Å². The molecule has 0 saturated heterocycles. The first kappa shape index (κ1) is 13.2. The van der Waals surface area contributed by atoms with E-state index in [4.69, 9.17) is 32.1 Å². The summed E-state index contributed by atoms with van der Waals surface area (Å²) in [6.07, 6.45) is -1.01. The minimum atomic E-state index is -2.77. The number of hydrogen-bond acceptors (Lipinski definition) is 3. The van der Waals surface area contributed by atoms with Crippen LogP contribution in [0.4, 0.5) is 10.5 Å². The number of amides is 2. The van der Waals surface area contributed by atoms with Gasteiger partial charge in [-0.15, -0.1) is 0 Å². The van der Waals surface area contributed by atoms with Crippen molar-refractivity contribution in [2.75, 3.05) is 5.32 Å². The molecule has 1 aromatic carbocycles. The van der Waals surface area contributed by atoms with Gasteiger partial charge in [0, 0.05) is 19.8 Å². The average molecular weight is 336 g/mol. The maximum Gasteiger partial charge on any atom is 0.408 e. The third kappa shape index (κ3) is 6.69. The summed E-state index contributed by atoms with van der Waals surface area (Å²) in [5.41, 5.74) is -0.627. The Labute approximate surface area is 138 Å². The molecule has 0 aromatic heterocycles. The van der Waals surface area contributed by atoms with E-state index in [0.717, 1.165) is 0 Å². The fourth-order valence-electron chi connectivity index (χ4n) is 1.33. The van der Waals surface area contributed by atoms with Crippen LogP contribution in [0.15, 0.2) is 18.2 Å². The van der Waals surface area contributed by atoms with Gasteiger partial charge in [-0.25, -0.2) is 4.79 Å². The molecule has 0 unspecified atom stereocenters. The van der Waals surface area contributed by atoms with E-state index in [1.54, 1.807) is 20.8 Å². The number of alkyl carbamates (subject to hydrolysis) is 1. The van der Waals surface area contributed by atoms with Crippen molar-refractivity contribution in [1.29, 1.82) is 0 Å². The maximum absolute atomic E-state index is 12.3. The Kier molecular flexibility index (Phi) is 4.41. The molecule has 1 atom stereocenters. The molecule has 2 amide bonds. The zero-order chi connectivity index (χ0) is 18.7. The average Bonchev–Trinajstić information content (AvgIpc) is 2.30. The molecular formula is C14H18Cl2N2O3. The third-order valence-electron chi connectivity index (χ3n) is 2.05. The molecule has 1 rings (SSSR count). The van der Waals surface area contributed by atoms with Crippen LogP contribution in [0.3, 0.4) is 0 Å². The van der Waals surface area contributed by atoms with Gasteiger partial charge in [-0.2, -0.15) is 0 Å².